The summed E-state index contributed by atoms with van der Waals surface area (Å²) in [6.45, 7) is 3.31. The molecule has 1 saturated heterocycles. The van der Waals surface area contributed by atoms with Gasteiger partial charge in [-0.2, -0.15) is 4.31 Å². The maximum atomic E-state index is 13.2. The van der Waals surface area contributed by atoms with Gasteiger partial charge in [-0.3, -0.25) is 9.69 Å². The molecule has 32 heavy (non-hydrogen) atoms. The molecule has 0 radical (unpaired) electrons. The lowest BCUT2D eigenvalue weighted by Gasteiger charge is -2.33. The number of piperazine rings is 1. The van der Waals surface area contributed by atoms with Crippen LogP contribution < -0.4 is 15.0 Å². The van der Waals surface area contributed by atoms with E-state index < -0.39 is 10.0 Å². The Morgan fingerprint density at radius 3 is 2.53 bits per heavy atom. The van der Waals surface area contributed by atoms with Crippen LogP contribution in [0.3, 0.4) is 0 Å². The Labute approximate surface area is 185 Å². The van der Waals surface area contributed by atoms with Crippen molar-refractivity contribution in [2.75, 3.05) is 39.4 Å². The Kier molecular flexibility index (Phi) is 5.58. The van der Waals surface area contributed by atoms with Gasteiger partial charge in [0, 0.05) is 38.7 Å². The molecule has 9 nitrogen and oxygen atoms in total. The fraction of sp³-hybridized carbons (Fsp3) is 0.364. The number of sulfonamides is 1. The molecular formula is C22H24N4O5S. The van der Waals surface area contributed by atoms with Gasteiger partial charge >= 0.3 is 0 Å². The summed E-state index contributed by atoms with van der Waals surface area (Å²) in [5.41, 5.74) is 0.489. The first-order valence-electron chi connectivity index (χ1n) is 10.6. The lowest BCUT2D eigenvalue weighted by molar-refractivity contribution is 0.178. The number of para-hydroxylation sites is 1. The predicted molar refractivity (Wildman–Crippen MR) is 118 cm³/mol. The number of aromatic amines is 1. The summed E-state index contributed by atoms with van der Waals surface area (Å²) in [7, 11) is -3.64. The quantitative estimate of drug-likeness (QED) is 0.636. The van der Waals surface area contributed by atoms with Crippen molar-refractivity contribution in [3.63, 3.8) is 0 Å². The standard InChI is InChI=1S/C22H24N4O5S/c27-22-17-4-1-2-5-18(17)23-21(24-22)15-25-8-10-26(11-9-25)32(28,29)16-6-7-19-20(14-16)31-13-3-12-30-19/h1-2,4-7,14H,3,8-13,15H2,(H,23,24,27). The van der Waals surface area contributed by atoms with Gasteiger partial charge in [0.15, 0.2) is 11.5 Å². The average Bonchev–Trinajstić information content (AvgIpc) is 3.04. The summed E-state index contributed by atoms with van der Waals surface area (Å²) in [5.74, 6) is 1.62. The van der Waals surface area contributed by atoms with Gasteiger partial charge in [-0.15, -0.1) is 0 Å². The summed E-state index contributed by atoms with van der Waals surface area (Å²) < 4.78 is 39.1. The lowest BCUT2D eigenvalue weighted by Crippen LogP contribution is -2.48. The minimum atomic E-state index is -3.64. The molecule has 0 unspecified atom stereocenters. The van der Waals surface area contributed by atoms with E-state index in [-0.39, 0.29) is 10.5 Å². The summed E-state index contributed by atoms with van der Waals surface area (Å²) in [4.78, 5) is 22.0. The number of H-pyrrole nitrogens is 1. The number of aromatic nitrogens is 2. The third kappa shape index (κ3) is 4.08. The Bertz CT molecular complexity index is 1300. The summed E-state index contributed by atoms with van der Waals surface area (Å²) in [6.07, 6.45) is 0.760. The molecule has 0 atom stereocenters. The summed E-state index contributed by atoms with van der Waals surface area (Å²) in [5, 5.41) is 0.558. The molecule has 1 fully saturated rings. The molecule has 0 saturated carbocycles. The molecule has 0 amide bonds. The van der Waals surface area contributed by atoms with E-state index in [0.29, 0.717) is 74.2 Å². The van der Waals surface area contributed by atoms with Crippen LogP contribution >= 0.6 is 0 Å². The van der Waals surface area contributed by atoms with Crippen LogP contribution in [0.1, 0.15) is 12.2 Å². The molecule has 0 bridgehead atoms. The number of hydrogen-bond donors (Lipinski definition) is 1. The van der Waals surface area contributed by atoms with Gasteiger partial charge in [0.05, 0.1) is 35.6 Å². The second kappa shape index (κ2) is 8.53. The van der Waals surface area contributed by atoms with Gasteiger partial charge in [-0.05, 0) is 24.3 Å². The van der Waals surface area contributed by atoms with E-state index in [0.717, 1.165) is 6.42 Å². The number of hydrogen-bond acceptors (Lipinski definition) is 7. The Hall–Kier alpha value is -2.95. The van der Waals surface area contributed by atoms with Crippen molar-refractivity contribution in [1.82, 2.24) is 19.2 Å². The zero-order valence-corrected chi connectivity index (χ0v) is 18.3. The van der Waals surface area contributed by atoms with E-state index in [4.69, 9.17) is 9.47 Å². The van der Waals surface area contributed by atoms with Crippen LogP contribution in [0.25, 0.3) is 10.9 Å². The van der Waals surface area contributed by atoms with E-state index in [1.54, 1.807) is 24.3 Å². The maximum absolute atomic E-state index is 13.2. The van der Waals surface area contributed by atoms with Crippen molar-refractivity contribution in [2.45, 2.75) is 17.9 Å². The molecule has 2 aromatic carbocycles. The van der Waals surface area contributed by atoms with E-state index in [9.17, 15) is 13.2 Å². The van der Waals surface area contributed by atoms with Crippen LogP contribution in [0.4, 0.5) is 0 Å². The van der Waals surface area contributed by atoms with Crippen molar-refractivity contribution in [2.24, 2.45) is 0 Å². The maximum Gasteiger partial charge on any atom is 0.258 e. The smallest absolute Gasteiger partial charge is 0.258 e. The van der Waals surface area contributed by atoms with Gasteiger partial charge in [0.2, 0.25) is 10.0 Å². The fourth-order valence-corrected chi connectivity index (χ4v) is 5.44. The second-order valence-electron chi connectivity index (χ2n) is 7.87. The Balaban J connectivity index is 1.27. The molecular weight excluding hydrogens is 432 g/mol. The molecule has 1 N–H and O–H groups in total. The second-order valence-corrected chi connectivity index (χ2v) is 9.81. The minimum absolute atomic E-state index is 0.166. The van der Waals surface area contributed by atoms with Crippen LogP contribution in [-0.2, 0) is 16.6 Å². The number of nitrogens with one attached hydrogen (secondary N) is 1. The first-order chi connectivity index (χ1) is 15.5. The third-order valence-electron chi connectivity index (χ3n) is 5.72. The van der Waals surface area contributed by atoms with Gasteiger partial charge < -0.3 is 14.5 Å². The van der Waals surface area contributed by atoms with E-state index in [1.807, 2.05) is 18.2 Å². The predicted octanol–water partition coefficient (Wildman–Crippen LogP) is 1.59. The lowest BCUT2D eigenvalue weighted by atomic mass is 10.2. The highest BCUT2D eigenvalue weighted by molar-refractivity contribution is 7.89. The fourth-order valence-electron chi connectivity index (χ4n) is 4.00. The highest BCUT2D eigenvalue weighted by Crippen LogP contribution is 2.33. The number of rotatable bonds is 4. The zero-order chi connectivity index (χ0) is 22.1. The molecule has 0 spiro atoms. The molecule has 168 valence electrons. The molecule has 2 aliphatic rings. The Morgan fingerprint density at radius 1 is 0.969 bits per heavy atom. The first-order valence-corrected chi connectivity index (χ1v) is 12.0. The number of fused-ring (bicyclic) bond motifs is 2. The molecule has 1 aromatic heterocycles. The molecule has 0 aliphatic carbocycles. The molecule has 2 aliphatic heterocycles. The number of nitrogens with zero attached hydrogens (tertiary/aromatic N) is 3. The summed E-state index contributed by atoms with van der Waals surface area (Å²) >= 11 is 0. The Morgan fingerprint density at radius 2 is 1.72 bits per heavy atom. The van der Waals surface area contributed by atoms with Gasteiger partial charge in [0.25, 0.3) is 5.56 Å². The molecule has 5 rings (SSSR count). The minimum Gasteiger partial charge on any atom is -0.490 e. The number of benzene rings is 2. The monoisotopic (exact) mass is 456 g/mol. The third-order valence-corrected chi connectivity index (χ3v) is 7.62. The van der Waals surface area contributed by atoms with E-state index in [1.165, 1.54) is 4.31 Å². The van der Waals surface area contributed by atoms with Crippen LogP contribution in [-0.4, -0.2) is 67.0 Å². The van der Waals surface area contributed by atoms with Crippen molar-refractivity contribution in [1.29, 1.82) is 0 Å². The highest BCUT2D eigenvalue weighted by atomic mass is 32.2. The molecule has 3 heterocycles. The van der Waals surface area contributed by atoms with Crippen molar-refractivity contribution in [3.05, 3.63) is 58.6 Å². The van der Waals surface area contributed by atoms with E-state index in [2.05, 4.69) is 14.9 Å². The summed E-state index contributed by atoms with van der Waals surface area (Å²) in [6, 6.07) is 12.0. The topological polar surface area (TPSA) is 105 Å². The van der Waals surface area contributed by atoms with Crippen LogP contribution in [0.2, 0.25) is 0 Å². The normalized spacial score (nSPS) is 17.9. The molecule has 10 heteroatoms. The van der Waals surface area contributed by atoms with Crippen LogP contribution in [0.5, 0.6) is 11.5 Å². The SMILES string of the molecule is O=c1[nH]c(CN2CCN(S(=O)(=O)c3ccc4c(c3)OCCCO4)CC2)nc2ccccc12. The average molecular weight is 457 g/mol. The van der Waals surface area contributed by atoms with Crippen LogP contribution in [0, 0.1) is 0 Å². The van der Waals surface area contributed by atoms with Gasteiger partial charge in [-0.25, -0.2) is 13.4 Å². The van der Waals surface area contributed by atoms with Crippen molar-refractivity contribution < 1.29 is 17.9 Å². The van der Waals surface area contributed by atoms with Crippen molar-refractivity contribution >= 4 is 20.9 Å². The van der Waals surface area contributed by atoms with E-state index >= 15 is 0 Å². The largest absolute Gasteiger partial charge is 0.490 e. The first kappa shape index (κ1) is 20.9. The van der Waals surface area contributed by atoms with Crippen LogP contribution in [0.15, 0.2) is 52.2 Å². The number of ether oxygens (including phenoxy) is 2. The highest BCUT2D eigenvalue weighted by Gasteiger charge is 2.30. The van der Waals surface area contributed by atoms with Crippen molar-refractivity contribution in [3.8, 4) is 11.5 Å². The van der Waals surface area contributed by atoms with Gasteiger partial charge in [0.1, 0.15) is 5.82 Å². The van der Waals surface area contributed by atoms with Gasteiger partial charge in [-0.1, -0.05) is 12.1 Å². The zero-order valence-electron chi connectivity index (χ0n) is 17.5. The molecule has 3 aromatic rings.